The van der Waals surface area contributed by atoms with Crippen LogP contribution in [-0.2, 0) is 0 Å². The fourth-order valence-electron chi connectivity index (χ4n) is 3.41. The van der Waals surface area contributed by atoms with Crippen LogP contribution in [0.2, 0.25) is 0 Å². The lowest BCUT2D eigenvalue weighted by molar-refractivity contribution is 0.0934. The molecule has 0 unspecified atom stereocenters. The van der Waals surface area contributed by atoms with Gasteiger partial charge in [0.2, 0.25) is 5.82 Å². The minimum absolute atomic E-state index is 0.227. The maximum atomic E-state index is 11.9. The Morgan fingerprint density at radius 2 is 2.15 bits per heavy atom. The van der Waals surface area contributed by atoms with E-state index in [-0.39, 0.29) is 11.7 Å². The third-order valence-corrected chi connectivity index (χ3v) is 5.21. The lowest BCUT2D eigenvalue weighted by Crippen LogP contribution is -2.52. The summed E-state index contributed by atoms with van der Waals surface area (Å²) in [6, 6.07) is 3.95. The Bertz CT molecular complexity index is 925. The van der Waals surface area contributed by atoms with Gasteiger partial charge in [0.15, 0.2) is 11.5 Å². The van der Waals surface area contributed by atoms with E-state index in [1.165, 1.54) is 25.6 Å². The molecule has 5 rings (SSSR count). The summed E-state index contributed by atoms with van der Waals surface area (Å²) in [6.45, 7) is 2.32. The standard InChI is InChI=1S/C16H19N9O/c26-16(14-18-9-19-21-14)17-6-10-7-24(8-10)13-5-4-12-20-22-15(25(12)23-13)11-2-1-3-11/h4-5,9-11H,1-3,6-8H2,(H,17,26)(H,18,19,21). The van der Waals surface area contributed by atoms with Gasteiger partial charge in [0.1, 0.15) is 12.1 Å². The van der Waals surface area contributed by atoms with E-state index >= 15 is 0 Å². The van der Waals surface area contributed by atoms with Crippen molar-refractivity contribution in [3.05, 3.63) is 30.1 Å². The third-order valence-electron chi connectivity index (χ3n) is 5.21. The molecule has 2 aliphatic rings. The van der Waals surface area contributed by atoms with E-state index in [2.05, 4.69) is 35.6 Å². The molecule has 1 saturated carbocycles. The molecule has 3 aromatic rings. The Labute approximate surface area is 149 Å². The first kappa shape index (κ1) is 15.2. The molecule has 0 radical (unpaired) electrons. The molecular formula is C16H19N9O. The normalized spacial score (nSPS) is 17.9. The van der Waals surface area contributed by atoms with Crippen LogP contribution in [-0.4, -0.2) is 60.5 Å². The second-order valence-electron chi connectivity index (χ2n) is 6.96. The van der Waals surface area contributed by atoms with Crippen molar-refractivity contribution >= 4 is 17.4 Å². The van der Waals surface area contributed by atoms with E-state index in [0.29, 0.717) is 18.4 Å². The average molecular weight is 353 g/mol. The molecule has 2 fully saturated rings. The quantitative estimate of drug-likeness (QED) is 0.681. The summed E-state index contributed by atoms with van der Waals surface area (Å²) >= 11 is 0. The molecule has 3 aromatic heterocycles. The molecule has 0 spiro atoms. The van der Waals surface area contributed by atoms with Gasteiger partial charge in [0.25, 0.3) is 5.91 Å². The highest BCUT2D eigenvalue weighted by Crippen LogP contribution is 2.35. The van der Waals surface area contributed by atoms with Crippen molar-refractivity contribution in [1.82, 2.24) is 40.3 Å². The second-order valence-corrected chi connectivity index (χ2v) is 6.96. The molecule has 4 heterocycles. The monoisotopic (exact) mass is 353 g/mol. The van der Waals surface area contributed by atoms with E-state index in [9.17, 15) is 4.79 Å². The van der Waals surface area contributed by atoms with Gasteiger partial charge in [-0.25, -0.2) is 4.98 Å². The molecule has 1 aliphatic heterocycles. The van der Waals surface area contributed by atoms with E-state index in [0.717, 1.165) is 30.4 Å². The predicted molar refractivity (Wildman–Crippen MR) is 91.8 cm³/mol. The molecular weight excluding hydrogens is 334 g/mol. The molecule has 0 bridgehead atoms. The first-order valence-corrected chi connectivity index (χ1v) is 8.89. The summed E-state index contributed by atoms with van der Waals surface area (Å²) < 4.78 is 1.89. The number of nitrogens with one attached hydrogen (secondary N) is 2. The van der Waals surface area contributed by atoms with Crippen molar-refractivity contribution in [3.8, 4) is 0 Å². The van der Waals surface area contributed by atoms with Crippen molar-refractivity contribution in [3.63, 3.8) is 0 Å². The van der Waals surface area contributed by atoms with E-state index in [1.54, 1.807) is 0 Å². The van der Waals surface area contributed by atoms with Crippen molar-refractivity contribution in [2.24, 2.45) is 5.92 Å². The number of carbonyl (C=O) groups is 1. The number of H-pyrrole nitrogens is 1. The number of nitrogens with zero attached hydrogens (tertiary/aromatic N) is 7. The van der Waals surface area contributed by atoms with Crippen LogP contribution >= 0.6 is 0 Å². The Morgan fingerprint density at radius 1 is 1.27 bits per heavy atom. The fourth-order valence-corrected chi connectivity index (χ4v) is 3.41. The van der Waals surface area contributed by atoms with Crippen LogP contribution in [0.25, 0.3) is 5.65 Å². The van der Waals surface area contributed by atoms with Crippen LogP contribution in [0, 0.1) is 5.92 Å². The molecule has 0 atom stereocenters. The summed E-state index contributed by atoms with van der Waals surface area (Å²) in [7, 11) is 0. The van der Waals surface area contributed by atoms with Gasteiger partial charge in [-0.15, -0.1) is 15.3 Å². The summed E-state index contributed by atoms with van der Waals surface area (Å²) in [5.41, 5.74) is 0.798. The summed E-state index contributed by atoms with van der Waals surface area (Å²) in [4.78, 5) is 17.9. The number of aromatic amines is 1. The number of aromatic nitrogens is 7. The Morgan fingerprint density at radius 3 is 2.88 bits per heavy atom. The molecule has 0 aromatic carbocycles. The van der Waals surface area contributed by atoms with Gasteiger partial charge in [-0.2, -0.15) is 9.61 Å². The zero-order valence-electron chi connectivity index (χ0n) is 14.2. The molecule has 134 valence electrons. The van der Waals surface area contributed by atoms with Crippen LogP contribution in [0.5, 0.6) is 0 Å². The Kier molecular flexibility index (Phi) is 3.54. The number of fused-ring (bicyclic) bond motifs is 1. The minimum Gasteiger partial charge on any atom is -0.354 e. The van der Waals surface area contributed by atoms with Crippen molar-refractivity contribution in [2.75, 3.05) is 24.5 Å². The van der Waals surface area contributed by atoms with Crippen molar-refractivity contribution in [2.45, 2.75) is 25.2 Å². The zero-order valence-corrected chi connectivity index (χ0v) is 14.2. The van der Waals surface area contributed by atoms with Gasteiger partial charge in [-0.3, -0.25) is 9.89 Å². The number of anilines is 1. The van der Waals surface area contributed by atoms with Gasteiger partial charge in [-0.1, -0.05) is 6.42 Å². The summed E-state index contributed by atoms with van der Waals surface area (Å²) in [5.74, 6) is 2.80. The molecule has 1 amide bonds. The lowest BCUT2D eigenvalue weighted by atomic mass is 9.85. The lowest BCUT2D eigenvalue weighted by Gasteiger charge is -2.40. The van der Waals surface area contributed by atoms with Crippen LogP contribution in [0.3, 0.4) is 0 Å². The number of amides is 1. The van der Waals surface area contributed by atoms with Crippen LogP contribution < -0.4 is 10.2 Å². The van der Waals surface area contributed by atoms with E-state index in [4.69, 9.17) is 5.10 Å². The minimum atomic E-state index is -0.227. The van der Waals surface area contributed by atoms with Crippen molar-refractivity contribution < 1.29 is 4.79 Å². The zero-order chi connectivity index (χ0) is 17.5. The molecule has 1 aliphatic carbocycles. The highest BCUT2D eigenvalue weighted by Gasteiger charge is 2.30. The average Bonchev–Trinajstić information content (AvgIpc) is 3.22. The first-order chi connectivity index (χ1) is 12.8. The maximum Gasteiger partial charge on any atom is 0.288 e. The molecule has 10 nitrogen and oxygen atoms in total. The van der Waals surface area contributed by atoms with Crippen LogP contribution in [0.4, 0.5) is 5.82 Å². The highest BCUT2D eigenvalue weighted by molar-refractivity contribution is 5.90. The molecule has 10 heteroatoms. The molecule has 26 heavy (non-hydrogen) atoms. The summed E-state index contributed by atoms with van der Waals surface area (Å²) in [6.07, 6.45) is 4.92. The fraction of sp³-hybridized carbons (Fsp3) is 0.500. The number of rotatable bonds is 5. The molecule has 1 saturated heterocycles. The SMILES string of the molecule is O=C(NCC1CN(c2ccc3nnc(C4CCC4)n3n2)C1)c1ncn[nH]1. The highest BCUT2D eigenvalue weighted by atomic mass is 16.2. The predicted octanol–water partition coefficient (Wildman–Crippen LogP) is 0.376. The largest absolute Gasteiger partial charge is 0.354 e. The van der Waals surface area contributed by atoms with Crippen LogP contribution in [0.15, 0.2) is 18.5 Å². The smallest absolute Gasteiger partial charge is 0.288 e. The first-order valence-electron chi connectivity index (χ1n) is 8.89. The van der Waals surface area contributed by atoms with E-state index in [1.807, 2.05) is 16.6 Å². The Hall–Kier alpha value is -3.04. The number of carbonyl (C=O) groups excluding carboxylic acids is 1. The maximum absolute atomic E-state index is 11.9. The number of hydrogen-bond donors (Lipinski definition) is 2. The second kappa shape index (κ2) is 6.04. The van der Waals surface area contributed by atoms with E-state index < -0.39 is 0 Å². The third kappa shape index (κ3) is 2.57. The number of hydrogen-bond acceptors (Lipinski definition) is 7. The van der Waals surface area contributed by atoms with Gasteiger partial charge in [0, 0.05) is 31.5 Å². The van der Waals surface area contributed by atoms with Crippen molar-refractivity contribution in [1.29, 1.82) is 0 Å². The topological polar surface area (TPSA) is 117 Å². The van der Waals surface area contributed by atoms with Crippen LogP contribution in [0.1, 0.15) is 41.6 Å². The van der Waals surface area contributed by atoms with Gasteiger partial charge in [-0.05, 0) is 25.0 Å². The molecule has 2 N–H and O–H groups in total. The summed E-state index contributed by atoms with van der Waals surface area (Å²) in [5, 5.41) is 22.4. The Balaban J connectivity index is 1.21. The van der Waals surface area contributed by atoms with Gasteiger partial charge >= 0.3 is 0 Å². The van der Waals surface area contributed by atoms with Gasteiger partial charge in [0.05, 0.1) is 0 Å². The van der Waals surface area contributed by atoms with Gasteiger partial charge < -0.3 is 10.2 Å².